The third-order valence-electron chi connectivity index (χ3n) is 6.58. The first-order chi connectivity index (χ1) is 18.0. The molecule has 12 heteroatoms. The fraction of sp³-hybridized carbons (Fsp3) is 0.385. The van der Waals surface area contributed by atoms with Crippen LogP contribution in [-0.2, 0) is 14.8 Å². The highest BCUT2D eigenvalue weighted by Gasteiger charge is 2.39. The number of thiazole rings is 1. The number of hydrogen-bond donors (Lipinski definition) is 1. The van der Waals surface area contributed by atoms with Crippen LogP contribution in [0, 0.1) is 5.82 Å². The molecule has 5 rings (SSSR count). The maximum Gasteiger partial charge on any atom is 0.430 e. The molecule has 2 heterocycles. The summed E-state index contributed by atoms with van der Waals surface area (Å²) in [5, 5.41) is 4.69. The fourth-order valence-electron chi connectivity index (χ4n) is 4.79. The number of carbonyl (C=O) groups excluding carboxylic acids is 1. The molecule has 2 atom stereocenters. The normalized spacial score (nSPS) is 19.5. The number of nitrogens with zero attached hydrogens (tertiary/aromatic N) is 3. The van der Waals surface area contributed by atoms with Gasteiger partial charge in [0.1, 0.15) is 16.3 Å². The highest BCUT2D eigenvalue weighted by molar-refractivity contribution is 7.93. The Morgan fingerprint density at radius 2 is 1.95 bits per heavy atom. The summed E-state index contributed by atoms with van der Waals surface area (Å²) in [5.41, 5.74) is 2.99. The van der Waals surface area contributed by atoms with Gasteiger partial charge in [-0.25, -0.2) is 22.6 Å². The van der Waals surface area contributed by atoms with Crippen molar-refractivity contribution in [2.24, 2.45) is 0 Å². The number of likely N-dealkylation sites (tertiary alicyclic amines) is 1. The largest absolute Gasteiger partial charge is 0.443 e. The van der Waals surface area contributed by atoms with Crippen LogP contribution < -0.4 is 9.62 Å². The molecule has 1 aliphatic heterocycles. The summed E-state index contributed by atoms with van der Waals surface area (Å²) in [6.45, 7) is 6.88. The summed E-state index contributed by atoms with van der Waals surface area (Å²) in [5.74, 6) is -1.24. The second kappa shape index (κ2) is 10.1. The average molecular weight is 579 g/mol. The number of hydrogen-bond acceptors (Lipinski definition) is 8. The van der Waals surface area contributed by atoms with Gasteiger partial charge in [0.25, 0.3) is 10.0 Å². The number of amides is 1. The van der Waals surface area contributed by atoms with E-state index in [1.54, 1.807) is 20.8 Å². The van der Waals surface area contributed by atoms with Gasteiger partial charge >= 0.3 is 6.09 Å². The molecular formula is C26H28ClFN4O4S2. The minimum atomic E-state index is -4.75. The molecule has 1 aliphatic carbocycles. The van der Waals surface area contributed by atoms with E-state index in [1.807, 2.05) is 18.2 Å². The van der Waals surface area contributed by atoms with Gasteiger partial charge in [-0.2, -0.15) is 0 Å². The minimum absolute atomic E-state index is 0.0114. The van der Waals surface area contributed by atoms with Crippen LogP contribution in [0.25, 0.3) is 0 Å². The number of carbonyl (C=O) groups is 1. The number of fused-ring (bicyclic) bond motifs is 1. The second-order valence-corrected chi connectivity index (χ2v) is 13.2. The van der Waals surface area contributed by atoms with Gasteiger partial charge in [0.15, 0.2) is 5.82 Å². The van der Waals surface area contributed by atoms with Crippen molar-refractivity contribution >= 4 is 50.6 Å². The predicted octanol–water partition coefficient (Wildman–Crippen LogP) is 6.37. The lowest BCUT2D eigenvalue weighted by molar-refractivity contribution is 0.0608. The molecule has 1 amide bonds. The van der Waals surface area contributed by atoms with Crippen LogP contribution in [0.15, 0.2) is 52.2 Å². The van der Waals surface area contributed by atoms with Crippen molar-refractivity contribution in [3.8, 4) is 0 Å². The quantitative estimate of drug-likeness (QED) is 0.363. The van der Waals surface area contributed by atoms with Crippen molar-refractivity contribution in [3.63, 3.8) is 0 Å². The van der Waals surface area contributed by atoms with E-state index in [9.17, 15) is 13.2 Å². The molecule has 202 valence electrons. The van der Waals surface area contributed by atoms with E-state index in [1.165, 1.54) is 22.9 Å². The molecule has 3 aromatic rings. The van der Waals surface area contributed by atoms with Crippen molar-refractivity contribution in [1.82, 2.24) is 9.88 Å². The van der Waals surface area contributed by atoms with Crippen molar-refractivity contribution in [3.05, 3.63) is 69.3 Å². The molecule has 38 heavy (non-hydrogen) atoms. The van der Waals surface area contributed by atoms with Gasteiger partial charge in [-0.15, -0.1) is 15.6 Å². The van der Waals surface area contributed by atoms with Crippen LogP contribution in [0.4, 0.5) is 20.7 Å². The standard InChI is InChI=1S/C26H28ClFN4O4S2/c1-26(2,3)36-25(33)32(24-14-37-15-29-24)38(34,35)23-11-18(27)21(12-19(23)28)30-20-13-22(31-9-6-10-31)17-8-5-4-7-16(17)20/h4-5,7-8,11-12,14-15,20,22,30H,6,9-10,13H2,1-3H3/t20-,22+/m1/s1. The Hall–Kier alpha value is -2.73. The van der Waals surface area contributed by atoms with E-state index in [2.05, 4.69) is 21.3 Å². The SMILES string of the molecule is CC(C)(C)OC(=O)N(c1cscn1)S(=O)(=O)c1cc(Cl)c(N[C@@H]2C[C@H](N3CCC3)c3ccccc32)cc1F. The Balaban J connectivity index is 1.46. The van der Waals surface area contributed by atoms with Crippen molar-refractivity contribution in [2.45, 2.75) is 56.2 Å². The number of nitrogens with one attached hydrogen (secondary N) is 1. The topological polar surface area (TPSA) is 91.8 Å². The summed E-state index contributed by atoms with van der Waals surface area (Å²) in [7, 11) is -4.75. The van der Waals surface area contributed by atoms with Gasteiger partial charge < -0.3 is 10.1 Å². The number of rotatable bonds is 6. The summed E-state index contributed by atoms with van der Waals surface area (Å²) in [4.78, 5) is 18.5. The first-order valence-corrected chi connectivity index (χ1v) is 15.0. The zero-order valence-corrected chi connectivity index (χ0v) is 23.5. The third kappa shape index (κ3) is 5.12. The highest BCUT2D eigenvalue weighted by Crippen LogP contribution is 2.46. The molecule has 0 saturated carbocycles. The molecule has 1 aromatic heterocycles. The minimum Gasteiger partial charge on any atom is -0.443 e. The molecule has 8 nitrogen and oxygen atoms in total. The van der Waals surface area contributed by atoms with Gasteiger partial charge in [-0.3, -0.25) is 4.90 Å². The number of aromatic nitrogens is 1. The molecule has 1 saturated heterocycles. The Bertz CT molecular complexity index is 1460. The van der Waals surface area contributed by atoms with Crippen molar-refractivity contribution in [2.75, 3.05) is 22.7 Å². The molecule has 0 bridgehead atoms. The smallest absolute Gasteiger partial charge is 0.430 e. The fourth-order valence-corrected chi connectivity index (χ4v) is 7.01. The highest BCUT2D eigenvalue weighted by atomic mass is 35.5. The monoisotopic (exact) mass is 578 g/mol. The first-order valence-electron chi connectivity index (χ1n) is 12.2. The number of halogens is 2. The van der Waals surface area contributed by atoms with Gasteiger partial charge in [0.05, 0.1) is 22.3 Å². The van der Waals surface area contributed by atoms with E-state index >= 15 is 4.39 Å². The zero-order valence-electron chi connectivity index (χ0n) is 21.1. The predicted molar refractivity (Wildman–Crippen MR) is 146 cm³/mol. The zero-order chi connectivity index (χ0) is 27.2. The lowest BCUT2D eigenvalue weighted by atomic mass is 10.0. The van der Waals surface area contributed by atoms with Gasteiger partial charge in [0.2, 0.25) is 0 Å². The lowest BCUT2D eigenvalue weighted by Crippen LogP contribution is -2.41. The third-order valence-corrected chi connectivity index (χ3v) is 9.15. The number of benzene rings is 2. The average Bonchev–Trinajstić information content (AvgIpc) is 3.43. The summed E-state index contributed by atoms with van der Waals surface area (Å²) < 4.78 is 48.3. The number of anilines is 2. The molecule has 0 radical (unpaired) electrons. The summed E-state index contributed by atoms with van der Waals surface area (Å²) in [6.07, 6.45) is 0.763. The molecular weight excluding hydrogens is 551 g/mol. The Labute approximate surface area is 230 Å². The van der Waals surface area contributed by atoms with Crippen LogP contribution in [0.1, 0.15) is 56.8 Å². The molecule has 1 fully saturated rings. The maximum absolute atomic E-state index is 15.5. The van der Waals surface area contributed by atoms with E-state index in [-0.39, 0.29) is 28.6 Å². The van der Waals surface area contributed by atoms with Crippen LogP contribution >= 0.6 is 22.9 Å². The van der Waals surface area contributed by atoms with Gasteiger partial charge in [0, 0.05) is 11.4 Å². The summed E-state index contributed by atoms with van der Waals surface area (Å²) >= 11 is 7.60. The van der Waals surface area contributed by atoms with Crippen LogP contribution in [-0.4, -0.2) is 43.1 Å². The van der Waals surface area contributed by atoms with Gasteiger partial charge in [-0.1, -0.05) is 35.9 Å². The Morgan fingerprint density at radius 3 is 2.55 bits per heavy atom. The Kier molecular flexibility index (Phi) is 7.14. The molecule has 0 spiro atoms. The van der Waals surface area contributed by atoms with E-state index in [0.717, 1.165) is 48.5 Å². The van der Waals surface area contributed by atoms with Crippen molar-refractivity contribution in [1.29, 1.82) is 0 Å². The van der Waals surface area contributed by atoms with E-state index < -0.39 is 32.4 Å². The van der Waals surface area contributed by atoms with Crippen LogP contribution in [0.3, 0.4) is 0 Å². The van der Waals surface area contributed by atoms with E-state index in [0.29, 0.717) is 4.31 Å². The first kappa shape index (κ1) is 26.9. The van der Waals surface area contributed by atoms with Crippen molar-refractivity contribution < 1.29 is 22.3 Å². The van der Waals surface area contributed by atoms with Crippen LogP contribution in [0.2, 0.25) is 5.02 Å². The van der Waals surface area contributed by atoms with E-state index in [4.69, 9.17) is 16.3 Å². The van der Waals surface area contributed by atoms with Gasteiger partial charge in [-0.05, 0) is 70.0 Å². The maximum atomic E-state index is 15.5. The molecule has 0 unspecified atom stereocenters. The second-order valence-electron chi connectivity index (χ2n) is 10.3. The van der Waals surface area contributed by atoms with Crippen LogP contribution in [0.5, 0.6) is 0 Å². The lowest BCUT2D eigenvalue weighted by Gasteiger charge is -2.37. The Morgan fingerprint density at radius 1 is 1.24 bits per heavy atom. The number of ether oxygens (including phenoxy) is 1. The molecule has 2 aliphatic rings. The molecule has 1 N–H and O–H groups in total. The molecule has 2 aromatic carbocycles. The number of sulfonamides is 1. The summed E-state index contributed by atoms with van der Waals surface area (Å²) in [6, 6.07) is 10.4.